The van der Waals surface area contributed by atoms with Gasteiger partial charge < -0.3 is 19.7 Å². The van der Waals surface area contributed by atoms with Gasteiger partial charge in [-0.15, -0.1) is 0 Å². The molecule has 1 saturated carbocycles. The van der Waals surface area contributed by atoms with Gasteiger partial charge in [0.05, 0.1) is 29.7 Å². The fourth-order valence-corrected chi connectivity index (χ4v) is 5.46. The molecule has 2 aliphatic rings. The average molecular weight is 463 g/mol. The molecule has 8 heteroatoms. The van der Waals surface area contributed by atoms with Crippen molar-refractivity contribution in [3.63, 3.8) is 0 Å². The molecule has 0 bridgehead atoms. The number of methoxy groups -OCH3 is 1. The monoisotopic (exact) mass is 462 g/mol. The molecule has 3 aromatic rings. The summed E-state index contributed by atoms with van der Waals surface area (Å²) in [6.07, 6.45) is 4.19. The highest BCUT2D eigenvalue weighted by molar-refractivity contribution is 5.96. The fraction of sp³-hybridized carbons (Fsp3) is 0.423. The van der Waals surface area contributed by atoms with E-state index in [1.165, 1.54) is 7.11 Å². The van der Waals surface area contributed by atoms with Gasteiger partial charge in [0.25, 0.3) is 0 Å². The molecule has 1 aromatic heterocycles. The predicted octanol–water partition coefficient (Wildman–Crippen LogP) is 5.50. The Bertz CT molecular complexity index is 1210. The Balaban J connectivity index is 1.61. The van der Waals surface area contributed by atoms with Crippen LogP contribution in [0.5, 0.6) is 0 Å². The summed E-state index contributed by atoms with van der Waals surface area (Å²) in [7, 11) is 1.41. The maximum Gasteiger partial charge on any atom is 0.414 e. The van der Waals surface area contributed by atoms with Crippen LogP contribution in [0.15, 0.2) is 42.5 Å². The number of fused-ring (bicyclic) bond motifs is 3. The molecule has 2 heterocycles. The topological polar surface area (TPSA) is 96.7 Å². The Morgan fingerprint density at radius 1 is 1.06 bits per heavy atom. The van der Waals surface area contributed by atoms with Crippen LogP contribution in [0.4, 0.5) is 22.1 Å². The lowest BCUT2D eigenvalue weighted by atomic mass is 9.86. The van der Waals surface area contributed by atoms with Gasteiger partial charge in [0.1, 0.15) is 0 Å². The first-order valence-corrected chi connectivity index (χ1v) is 11.9. The van der Waals surface area contributed by atoms with Crippen LogP contribution in [0, 0.1) is 5.92 Å². The van der Waals surface area contributed by atoms with Gasteiger partial charge in [-0.3, -0.25) is 9.69 Å². The van der Waals surface area contributed by atoms with Crippen LogP contribution in [0.1, 0.15) is 50.6 Å². The lowest BCUT2D eigenvalue weighted by Gasteiger charge is -2.34. The molecule has 1 aliphatic carbocycles. The van der Waals surface area contributed by atoms with E-state index in [2.05, 4.69) is 9.88 Å². The molecule has 8 nitrogen and oxygen atoms in total. The number of hydrogen-bond donors (Lipinski definition) is 2. The number of benzene rings is 2. The van der Waals surface area contributed by atoms with Crippen molar-refractivity contribution in [3.05, 3.63) is 48.0 Å². The minimum atomic E-state index is -0.706. The quantitative estimate of drug-likeness (QED) is 0.531. The summed E-state index contributed by atoms with van der Waals surface area (Å²) in [4.78, 5) is 30.8. The zero-order chi connectivity index (χ0) is 23.8. The molecule has 2 N–H and O–H groups in total. The number of carboxylic acid groups (broad SMARTS) is 1. The number of carbonyl (C=O) groups is 2. The molecule has 5 rings (SSSR count). The van der Waals surface area contributed by atoms with Crippen molar-refractivity contribution in [2.45, 2.75) is 57.5 Å². The van der Waals surface area contributed by atoms with Crippen molar-refractivity contribution in [1.29, 1.82) is 0 Å². The number of carboxylic acids is 1. The molecule has 178 valence electrons. The van der Waals surface area contributed by atoms with Gasteiger partial charge in [0, 0.05) is 23.3 Å². The Morgan fingerprint density at radius 2 is 1.79 bits per heavy atom. The number of para-hydroxylation sites is 1. The Labute approximate surface area is 198 Å². The van der Waals surface area contributed by atoms with Crippen LogP contribution in [0.2, 0.25) is 0 Å². The summed E-state index contributed by atoms with van der Waals surface area (Å²) in [5, 5.41) is 12.9. The Kier molecular flexibility index (Phi) is 5.89. The third-order valence-electron chi connectivity index (χ3n) is 7.27. The Hall–Kier alpha value is -3.55. The van der Waals surface area contributed by atoms with Crippen LogP contribution >= 0.6 is 0 Å². The van der Waals surface area contributed by atoms with Crippen molar-refractivity contribution >= 4 is 40.4 Å². The van der Waals surface area contributed by atoms with E-state index in [0.717, 1.165) is 59.6 Å². The largest absolute Gasteiger partial charge is 0.481 e. The van der Waals surface area contributed by atoms with Crippen LogP contribution in [-0.4, -0.2) is 39.9 Å². The van der Waals surface area contributed by atoms with Gasteiger partial charge in [-0.2, -0.15) is 0 Å². The van der Waals surface area contributed by atoms with Crippen LogP contribution in [0.25, 0.3) is 11.0 Å². The van der Waals surface area contributed by atoms with E-state index in [1.54, 1.807) is 4.90 Å². The molecule has 1 fully saturated rings. The number of carbonyl (C=O) groups excluding carboxylic acids is 1. The van der Waals surface area contributed by atoms with Crippen molar-refractivity contribution in [2.24, 2.45) is 5.92 Å². The smallest absolute Gasteiger partial charge is 0.414 e. The number of imidazole rings is 1. The van der Waals surface area contributed by atoms with Gasteiger partial charge in [-0.25, -0.2) is 9.78 Å². The number of aliphatic carboxylic acids is 1. The summed E-state index contributed by atoms with van der Waals surface area (Å²) in [6.45, 7) is 2.03. The maximum absolute atomic E-state index is 12.5. The van der Waals surface area contributed by atoms with Crippen molar-refractivity contribution in [2.75, 3.05) is 17.3 Å². The molecular formula is C26H30N4O4. The molecule has 1 amide bonds. The van der Waals surface area contributed by atoms with E-state index in [1.807, 2.05) is 49.4 Å². The molecule has 1 atom stereocenters. The maximum atomic E-state index is 12.5. The minimum absolute atomic E-state index is 0.0488. The number of aromatic nitrogens is 2. The highest BCUT2D eigenvalue weighted by Gasteiger charge is 2.33. The van der Waals surface area contributed by atoms with Crippen molar-refractivity contribution in [3.8, 4) is 0 Å². The summed E-state index contributed by atoms with van der Waals surface area (Å²) >= 11 is 0. The normalized spacial score (nSPS) is 22.3. The van der Waals surface area contributed by atoms with E-state index >= 15 is 0 Å². The summed E-state index contributed by atoms with van der Waals surface area (Å²) in [5.74, 6) is -0.237. The number of hydrogen-bond acceptors (Lipinski definition) is 5. The number of amides is 1. The van der Waals surface area contributed by atoms with Crippen LogP contribution in [0.3, 0.4) is 0 Å². The first-order chi connectivity index (χ1) is 16.5. The second-order valence-electron chi connectivity index (χ2n) is 9.30. The van der Waals surface area contributed by atoms with E-state index in [4.69, 9.17) is 9.72 Å². The number of aryl methyl sites for hydroxylation is 1. The molecule has 0 saturated heterocycles. The van der Waals surface area contributed by atoms with Crippen molar-refractivity contribution in [1.82, 2.24) is 9.55 Å². The van der Waals surface area contributed by atoms with Gasteiger partial charge >= 0.3 is 12.1 Å². The zero-order valence-electron chi connectivity index (χ0n) is 19.5. The first-order valence-electron chi connectivity index (χ1n) is 11.9. The molecule has 1 aliphatic heterocycles. The highest BCUT2D eigenvalue weighted by atomic mass is 16.5. The number of ether oxygens (including phenoxy) is 1. The van der Waals surface area contributed by atoms with E-state index in [0.29, 0.717) is 12.8 Å². The number of rotatable bonds is 4. The zero-order valence-corrected chi connectivity index (χ0v) is 19.5. The highest BCUT2D eigenvalue weighted by Crippen LogP contribution is 2.41. The molecular weight excluding hydrogens is 432 g/mol. The lowest BCUT2D eigenvalue weighted by Crippen LogP contribution is -2.42. The number of nitrogens with zero attached hydrogens (tertiary/aromatic N) is 3. The SMILES string of the molecule is COC(=O)N1c2ccc3c(nc(Nc4ccccc4)n3[C@H]3CC[C@H](C(=O)O)CC3)c2CC[C@@H]1C. The summed E-state index contributed by atoms with van der Waals surface area (Å²) in [5.41, 5.74) is 4.74. The van der Waals surface area contributed by atoms with Crippen LogP contribution < -0.4 is 10.2 Å². The first kappa shape index (κ1) is 22.3. The molecule has 0 spiro atoms. The third kappa shape index (κ3) is 3.87. The third-order valence-corrected chi connectivity index (χ3v) is 7.27. The number of anilines is 3. The van der Waals surface area contributed by atoms with Crippen molar-refractivity contribution < 1.29 is 19.4 Å². The van der Waals surface area contributed by atoms with Crippen LogP contribution in [-0.2, 0) is 16.0 Å². The fourth-order valence-electron chi connectivity index (χ4n) is 5.46. The predicted molar refractivity (Wildman–Crippen MR) is 131 cm³/mol. The molecule has 0 unspecified atom stereocenters. The minimum Gasteiger partial charge on any atom is -0.481 e. The molecule has 2 aromatic carbocycles. The lowest BCUT2D eigenvalue weighted by molar-refractivity contribution is -0.143. The second kappa shape index (κ2) is 9.00. The second-order valence-corrected chi connectivity index (χ2v) is 9.30. The Morgan fingerprint density at radius 3 is 2.47 bits per heavy atom. The van der Waals surface area contributed by atoms with Gasteiger partial charge in [-0.05, 0) is 69.7 Å². The summed E-state index contributed by atoms with van der Waals surface area (Å²) < 4.78 is 7.30. The van der Waals surface area contributed by atoms with Gasteiger partial charge in [0.15, 0.2) is 0 Å². The average Bonchev–Trinajstić information content (AvgIpc) is 3.22. The summed E-state index contributed by atoms with van der Waals surface area (Å²) in [6, 6.07) is 14.2. The van der Waals surface area contributed by atoms with E-state index in [9.17, 15) is 14.7 Å². The van der Waals surface area contributed by atoms with E-state index in [-0.39, 0.29) is 24.1 Å². The number of nitrogens with one attached hydrogen (secondary N) is 1. The van der Waals surface area contributed by atoms with Gasteiger partial charge in [0.2, 0.25) is 5.95 Å². The standard InChI is InChI=1S/C26H30N4O4/c1-16-8-13-20-21(29(16)26(33)34-2)14-15-22-23(20)28-25(27-18-6-4-3-5-7-18)30(22)19-11-9-17(10-12-19)24(31)32/h3-7,14-17,19H,8-13H2,1-2H3,(H,27,28)(H,31,32)/t16-,17-,19-/m0/s1. The molecule has 0 radical (unpaired) electrons. The van der Waals surface area contributed by atoms with Gasteiger partial charge in [-0.1, -0.05) is 18.2 Å². The molecule has 34 heavy (non-hydrogen) atoms. The van der Waals surface area contributed by atoms with E-state index < -0.39 is 5.97 Å².